The number of amidine groups is 2. The number of methoxy groups -OCH3 is 1. The number of allylic oxidation sites excluding steroid dienone is 2. The van der Waals surface area contributed by atoms with Crippen molar-refractivity contribution in [3.05, 3.63) is 59.8 Å². The van der Waals surface area contributed by atoms with Gasteiger partial charge in [0.1, 0.15) is 11.7 Å². The molecule has 0 radical (unpaired) electrons. The van der Waals surface area contributed by atoms with Crippen LogP contribution in [0.1, 0.15) is 12.5 Å². The number of benzene rings is 1. The number of hydrogen-bond donors (Lipinski definition) is 0. The fourth-order valence-corrected chi connectivity index (χ4v) is 2.52. The van der Waals surface area contributed by atoms with E-state index < -0.39 is 17.8 Å². The van der Waals surface area contributed by atoms with Crippen molar-refractivity contribution in [1.29, 1.82) is 0 Å². The highest BCUT2D eigenvalue weighted by Crippen LogP contribution is 2.40. The van der Waals surface area contributed by atoms with Crippen LogP contribution in [0.3, 0.4) is 0 Å². The van der Waals surface area contributed by atoms with Crippen LogP contribution in [0.15, 0.2) is 64.2 Å². The Bertz CT molecular complexity index is 825. The number of aliphatic imine (C=N–C) groups is 2. The Morgan fingerprint density at radius 3 is 2.48 bits per heavy atom. The zero-order valence-corrected chi connectivity index (χ0v) is 13.4. The third-order valence-corrected chi connectivity index (χ3v) is 3.76. The highest BCUT2D eigenvalue weighted by molar-refractivity contribution is 6.17. The number of carbonyl (C=O) groups is 1. The average molecular weight is 349 g/mol. The Morgan fingerprint density at radius 1 is 1.20 bits per heavy atom. The van der Waals surface area contributed by atoms with E-state index in [-0.39, 0.29) is 11.7 Å². The number of esters is 1. The van der Waals surface area contributed by atoms with Gasteiger partial charge in [0, 0.05) is 11.8 Å². The Morgan fingerprint density at radius 2 is 1.88 bits per heavy atom. The molecule has 5 nitrogen and oxygen atoms in total. The van der Waals surface area contributed by atoms with Crippen molar-refractivity contribution >= 4 is 17.6 Å². The molecule has 0 aliphatic carbocycles. The van der Waals surface area contributed by atoms with Gasteiger partial charge >= 0.3 is 17.8 Å². The van der Waals surface area contributed by atoms with E-state index in [9.17, 15) is 18.0 Å². The summed E-state index contributed by atoms with van der Waals surface area (Å²) in [5, 5.41) is 0. The Balaban J connectivity index is 2.28. The van der Waals surface area contributed by atoms with Crippen molar-refractivity contribution in [3.8, 4) is 0 Å². The highest BCUT2D eigenvalue weighted by atomic mass is 19.4. The number of carbonyl (C=O) groups excluding carboxylic acids is 1. The molecule has 3 rings (SSSR count). The first-order valence-electron chi connectivity index (χ1n) is 7.34. The predicted molar refractivity (Wildman–Crippen MR) is 86.0 cm³/mol. The normalized spacial score (nSPS) is 22.6. The van der Waals surface area contributed by atoms with E-state index in [4.69, 9.17) is 0 Å². The first-order valence-corrected chi connectivity index (χ1v) is 7.34. The molecule has 2 aliphatic rings. The van der Waals surface area contributed by atoms with Crippen molar-refractivity contribution in [3.63, 3.8) is 0 Å². The van der Waals surface area contributed by atoms with E-state index in [2.05, 4.69) is 14.7 Å². The maximum absolute atomic E-state index is 13.8. The molecule has 8 heteroatoms. The highest BCUT2D eigenvalue weighted by Gasteiger charge is 2.64. The van der Waals surface area contributed by atoms with Gasteiger partial charge in [0.25, 0.3) is 0 Å². The monoisotopic (exact) mass is 349 g/mol. The fraction of sp³-hybridized carbons (Fsp3) is 0.235. The molecule has 130 valence electrons. The van der Waals surface area contributed by atoms with Gasteiger partial charge in [0.05, 0.1) is 7.11 Å². The summed E-state index contributed by atoms with van der Waals surface area (Å²) in [5.41, 5.74) is -2.21. The summed E-state index contributed by atoms with van der Waals surface area (Å²) in [7, 11) is 0.877. The molecule has 0 spiro atoms. The van der Waals surface area contributed by atoms with Crippen LogP contribution in [0, 0.1) is 0 Å². The zero-order chi connectivity index (χ0) is 18.2. The topological polar surface area (TPSA) is 54.3 Å². The Hall–Kier alpha value is -2.90. The minimum Gasteiger partial charge on any atom is -0.465 e. The summed E-state index contributed by atoms with van der Waals surface area (Å²) in [6, 6.07) is 8.30. The summed E-state index contributed by atoms with van der Waals surface area (Å²) in [6.07, 6.45) is -0.309. The SMILES string of the molecule is COC(=O)[C@@]1(C(F)(F)F)N=C2C=C(C)C=CN2C(c2ccccc2)=N1. The van der Waals surface area contributed by atoms with Gasteiger partial charge in [-0.05, 0) is 24.6 Å². The minimum atomic E-state index is -5.05. The van der Waals surface area contributed by atoms with E-state index in [0.29, 0.717) is 11.1 Å². The lowest BCUT2D eigenvalue weighted by Crippen LogP contribution is -2.55. The van der Waals surface area contributed by atoms with Crippen molar-refractivity contribution in [2.75, 3.05) is 7.11 Å². The molecule has 25 heavy (non-hydrogen) atoms. The van der Waals surface area contributed by atoms with Crippen molar-refractivity contribution in [1.82, 2.24) is 4.90 Å². The quantitative estimate of drug-likeness (QED) is 0.771. The zero-order valence-electron chi connectivity index (χ0n) is 13.4. The molecule has 1 atom stereocenters. The molecule has 0 saturated heterocycles. The second-order valence-corrected chi connectivity index (χ2v) is 5.51. The fourth-order valence-electron chi connectivity index (χ4n) is 2.52. The number of nitrogens with zero attached hydrogens (tertiary/aromatic N) is 3. The second kappa shape index (κ2) is 5.87. The van der Waals surface area contributed by atoms with Gasteiger partial charge in [-0.3, -0.25) is 4.90 Å². The molecule has 1 aromatic rings. The summed E-state index contributed by atoms with van der Waals surface area (Å²) in [4.78, 5) is 20.8. The summed E-state index contributed by atoms with van der Waals surface area (Å²) >= 11 is 0. The standard InChI is InChI=1S/C17H14F3N3O2/c1-11-8-9-23-13(10-11)21-16(15(24)25-2,17(18,19)20)22-14(23)12-6-4-3-5-7-12/h3-10H,1-2H3/t16-/m1/s1. The molecule has 2 aliphatic heterocycles. The van der Waals surface area contributed by atoms with E-state index >= 15 is 0 Å². The van der Waals surface area contributed by atoms with Crippen LogP contribution in [0.5, 0.6) is 0 Å². The molecule has 0 saturated carbocycles. The number of fused-ring (bicyclic) bond motifs is 1. The summed E-state index contributed by atoms with van der Waals surface area (Å²) in [5.74, 6) is -1.65. The molecule has 0 aromatic heterocycles. The molecular weight excluding hydrogens is 335 g/mol. The maximum atomic E-state index is 13.8. The van der Waals surface area contributed by atoms with E-state index in [1.54, 1.807) is 49.5 Å². The number of ether oxygens (including phenoxy) is 1. The molecule has 2 heterocycles. The van der Waals surface area contributed by atoms with Crippen molar-refractivity contribution in [2.45, 2.75) is 18.8 Å². The van der Waals surface area contributed by atoms with Gasteiger partial charge in [-0.1, -0.05) is 30.3 Å². The number of alkyl halides is 3. The van der Waals surface area contributed by atoms with Gasteiger partial charge in [0.2, 0.25) is 0 Å². The van der Waals surface area contributed by atoms with E-state index in [1.165, 1.54) is 11.0 Å². The molecule has 0 amide bonds. The van der Waals surface area contributed by atoms with E-state index in [0.717, 1.165) is 7.11 Å². The number of rotatable bonds is 2. The van der Waals surface area contributed by atoms with Crippen LogP contribution < -0.4 is 0 Å². The molecule has 1 aromatic carbocycles. The molecule has 0 N–H and O–H groups in total. The van der Waals surface area contributed by atoms with E-state index in [1.807, 2.05) is 0 Å². The average Bonchev–Trinajstić information content (AvgIpc) is 2.59. The van der Waals surface area contributed by atoms with Crippen LogP contribution in [0.4, 0.5) is 13.2 Å². The first kappa shape index (κ1) is 16.9. The van der Waals surface area contributed by atoms with Crippen LogP contribution >= 0.6 is 0 Å². The Kier molecular flexibility index (Phi) is 3.98. The lowest BCUT2D eigenvalue weighted by molar-refractivity contribution is -0.202. The van der Waals surface area contributed by atoms with Crippen LogP contribution in [-0.2, 0) is 9.53 Å². The molecule has 0 bridgehead atoms. The smallest absolute Gasteiger partial charge is 0.445 e. The lowest BCUT2D eigenvalue weighted by atomic mass is 10.1. The maximum Gasteiger partial charge on any atom is 0.445 e. The van der Waals surface area contributed by atoms with Crippen molar-refractivity contribution < 1.29 is 22.7 Å². The van der Waals surface area contributed by atoms with Crippen LogP contribution in [-0.4, -0.2) is 41.5 Å². The third-order valence-electron chi connectivity index (χ3n) is 3.76. The van der Waals surface area contributed by atoms with Crippen molar-refractivity contribution in [2.24, 2.45) is 9.98 Å². The van der Waals surface area contributed by atoms with Crippen LogP contribution in [0.2, 0.25) is 0 Å². The minimum absolute atomic E-state index is 0.0309. The summed E-state index contributed by atoms with van der Waals surface area (Å²) in [6.45, 7) is 1.72. The molecule has 0 unspecified atom stereocenters. The molecule has 0 fully saturated rings. The largest absolute Gasteiger partial charge is 0.465 e. The van der Waals surface area contributed by atoms with Gasteiger partial charge in [-0.25, -0.2) is 14.8 Å². The third kappa shape index (κ3) is 2.73. The van der Waals surface area contributed by atoms with Gasteiger partial charge in [0.15, 0.2) is 0 Å². The Labute approximate surface area is 141 Å². The second-order valence-electron chi connectivity index (χ2n) is 5.51. The van der Waals surface area contributed by atoms with Gasteiger partial charge in [-0.2, -0.15) is 13.2 Å². The lowest BCUT2D eigenvalue weighted by Gasteiger charge is -2.36. The summed E-state index contributed by atoms with van der Waals surface area (Å²) < 4.78 is 45.8. The number of halogens is 3. The van der Waals surface area contributed by atoms with Crippen LogP contribution in [0.25, 0.3) is 0 Å². The van der Waals surface area contributed by atoms with Gasteiger partial charge < -0.3 is 4.74 Å². The predicted octanol–water partition coefficient (Wildman–Crippen LogP) is 3.05. The number of hydrogen-bond acceptors (Lipinski definition) is 5. The molecular formula is C17H14F3N3O2. The van der Waals surface area contributed by atoms with Gasteiger partial charge in [-0.15, -0.1) is 0 Å². The first-order chi connectivity index (χ1) is 11.8.